The van der Waals surface area contributed by atoms with Gasteiger partial charge in [-0.3, -0.25) is 9.48 Å². The molecule has 4 rings (SSSR count). The molecule has 0 saturated heterocycles. The molecule has 0 fully saturated rings. The SMILES string of the molecule is O=C(Nc1ccc(Cl)cc1)c1cc2n(n1)C[C@@H](c1ccc(Cl)cc1)OC2. The zero-order valence-corrected chi connectivity index (χ0v) is 15.2. The van der Waals surface area contributed by atoms with Gasteiger partial charge < -0.3 is 10.1 Å². The molecule has 1 N–H and O–H groups in total. The molecule has 1 atom stereocenters. The molecule has 0 unspecified atom stereocenters. The van der Waals surface area contributed by atoms with E-state index in [0.717, 1.165) is 11.3 Å². The van der Waals surface area contributed by atoms with Crippen LogP contribution in [0.25, 0.3) is 0 Å². The van der Waals surface area contributed by atoms with Gasteiger partial charge in [-0.15, -0.1) is 0 Å². The summed E-state index contributed by atoms with van der Waals surface area (Å²) in [4.78, 5) is 12.4. The highest BCUT2D eigenvalue weighted by Gasteiger charge is 2.24. The monoisotopic (exact) mass is 387 g/mol. The van der Waals surface area contributed by atoms with Crippen molar-refractivity contribution >= 4 is 34.8 Å². The van der Waals surface area contributed by atoms with Crippen molar-refractivity contribution in [1.29, 1.82) is 0 Å². The highest BCUT2D eigenvalue weighted by atomic mass is 35.5. The lowest BCUT2D eigenvalue weighted by atomic mass is 10.1. The maximum atomic E-state index is 12.4. The molecule has 0 radical (unpaired) electrons. The molecule has 7 heteroatoms. The van der Waals surface area contributed by atoms with E-state index < -0.39 is 0 Å². The number of aromatic nitrogens is 2. The summed E-state index contributed by atoms with van der Waals surface area (Å²) >= 11 is 11.8. The van der Waals surface area contributed by atoms with E-state index in [2.05, 4.69) is 10.4 Å². The van der Waals surface area contributed by atoms with Crippen LogP contribution in [-0.4, -0.2) is 15.7 Å². The summed E-state index contributed by atoms with van der Waals surface area (Å²) in [6.07, 6.45) is -0.119. The summed E-state index contributed by atoms with van der Waals surface area (Å²) in [5.41, 5.74) is 2.93. The number of anilines is 1. The van der Waals surface area contributed by atoms with E-state index in [9.17, 15) is 4.79 Å². The first-order valence-electron chi connectivity index (χ1n) is 8.09. The number of nitrogens with zero attached hydrogens (tertiary/aromatic N) is 2. The van der Waals surface area contributed by atoms with Gasteiger partial charge in [0.05, 0.1) is 18.8 Å². The van der Waals surface area contributed by atoms with Crippen LogP contribution in [0, 0.1) is 0 Å². The molecule has 1 aliphatic rings. The quantitative estimate of drug-likeness (QED) is 0.707. The third-order valence-corrected chi connectivity index (χ3v) is 4.71. The Hall–Kier alpha value is -2.34. The van der Waals surface area contributed by atoms with Gasteiger partial charge in [0.1, 0.15) is 6.10 Å². The maximum absolute atomic E-state index is 12.4. The average molecular weight is 388 g/mol. The number of nitrogens with one attached hydrogen (secondary N) is 1. The lowest BCUT2D eigenvalue weighted by Crippen LogP contribution is -2.22. The summed E-state index contributed by atoms with van der Waals surface area (Å²) in [5, 5.41) is 8.55. The lowest BCUT2D eigenvalue weighted by Gasteiger charge is -2.24. The Balaban J connectivity index is 1.49. The van der Waals surface area contributed by atoms with E-state index >= 15 is 0 Å². The molecule has 0 aliphatic carbocycles. The molecule has 0 saturated carbocycles. The van der Waals surface area contributed by atoms with Crippen molar-refractivity contribution in [1.82, 2.24) is 9.78 Å². The Morgan fingerprint density at radius 3 is 2.42 bits per heavy atom. The number of hydrogen-bond acceptors (Lipinski definition) is 3. The van der Waals surface area contributed by atoms with Gasteiger partial charge in [-0.05, 0) is 48.0 Å². The van der Waals surface area contributed by atoms with Crippen LogP contribution < -0.4 is 5.32 Å². The Morgan fingerprint density at radius 1 is 1.08 bits per heavy atom. The van der Waals surface area contributed by atoms with Gasteiger partial charge in [-0.2, -0.15) is 5.10 Å². The number of hydrogen-bond donors (Lipinski definition) is 1. The van der Waals surface area contributed by atoms with E-state index in [-0.39, 0.29) is 12.0 Å². The molecule has 3 aromatic rings. The summed E-state index contributed by atoms with van der Waals surface area (Å²) < 4.78 is 7.72. The first-order chi connectivity index (χ1) is 12.6. The van der Waals surface area contributed by atoms with Crippen molar-refractivity contribution in [2.45, 2.75) is 19.3 Å². The Bertz CT molecular complexity index is 936. The Labute approximate surface area is 160 Å². The van der Waals surface area contributed by atoms with Crippen LogP contribution in [0.15, 0.2) is 54.6 Å². The first-order valence-corrected chi connectivity index (χ1v) is 8.85. The fraction of sp³-hybridized carbons (Fsp3) is 0.158. The largest absolute Gasteiger partial charge is 0.365 e. The molecule has 1 aliphatic heterocycles. The number of rotatable bonds is 3. The minimum atomic E-state index is -0.266. The zero-order chi connectivity index (χ0) is 18.1. The van der Waals surface area contributed by atoms with Crippen LogP contribution in [0.5, 0.6) is 0 Å². The molecule has 2 aromatic carbocycles. The first kappa shape index (κ1) is 17.1. The van der Waals surface area contributed by atoms with E-state index in [0.29, 0.717) is 34.6 Å². The predicted molar refractivity (Wildman–Crippen MR) is 101 cm³/mol. The van der Waals surface area contributed by atoms with Crippen molar-refractivity contribution in [3.8, 4) is 0 Å². The minimum absolute atomic E-state index is 0.119. The summed E-state index contributed by atoms with van der Waals surface area (Å²) in [6.45, 7) is 0.944. The third-order valence-electron chi connectivity index (χ3n) is 4.21. The number of carbonyl (C=O) groups is 1. The van der Waals surface area contributed by atoms with Crippen molar-refractivity contribution in [2.24, 2.45) is 0 Å². The molecule has 132 valence electrons. The van der Waals surface area contributed by atoms with Gasteiger partial charge in [-0.25, -0.2) is 0 Å². The Kier molecular flexibility index (Phi) is 4.68. The van der Waals surface area contributed by atoms with Gasteiger partial charge in [0.25, 0.3) is 5.91 Å². The van der Waals surface area contributed by atoms with Gasteiger partial charge in [-0.1, -0.05) is 35.3 Å². The fourth-order valence-electron chi connectivity index (χ4n) is 2.84. The number of ether oxygens (including phenoxy) is 1. The van der Waals surface area contributed by atoms with E-state index in [1.54, 1.807) is 30.3 Å². The minimum Gasteiger partial charge on any atom is -0.365 e. The average Bonchev–Trinajstić information content (AvgIpc) is 3.08. The van der Waals surface area contributed by atoms with Gasteiger partial charge in [0, 0.05) is 15.7 Å². The molecule has 0 spiro atoms. The highest BCUT2D eigenvalue weighted by molar-refractivity contribution is 6.30. The molecule has 1 aromatic heterocycles. The van der Waals surface area contributed by atoms with E-state index in [4.69, 9.17) is 27.9 Å². The third kappa shape index (κ3) is 3.60. The summed E-state index contributed by atoms with van der Waals surface area (Å²) in [6, 6.07) is 16.2. The second-order valence-electron chi connectivity index (χ2n) is 6.02. The standard InChI is InChI=1S/C19H15Cl2N3O2/c20-13-3-1-12(2-4-13)18-10-24-16(11-26-18)9-17(23-24)19(25)22-15-7-5-14(21)6-8-15/h1-9,18H,10-11H2,(H,22,25)/t18-/m0/s1. The highest BCUT2D eigenvalue weighted by Crippen LogP contribution is 2.27. The maximum Gasteiger partial charge on any atom is 0.276 e. The molecule has 26 heavy (non-hydrogen) atoms. The number of fused-ring (bicyclic) bond motifs is 1. The van der Waals surface area contributed by atoms with Crippen LogP contribution in [0.4, 0.5) is 5.69 Å². The van der Waals surface area contributed by atoms with Gasteiger partial charge in [0.2, 0.25) is 0 Å². The van der Waals surface area contributed by atoms with Crippen LogP contribution in [-0.2, 0) is 17.9 Å². The summed E-state index contributed by atoms with van der Waals surface area (Å²) in [5.74, 6) is -0.266. The number of benzene rings is 2. The predicted octanol–water partition coefficient (Wildman–Crippen LogP) is 4.71. The molecule has 2 heterocycles. The van der Waals surface area contributed by atoms with Crippen LogP contribution >= 0.6 is 23.2 Å². The van der Waals surface area contributed by atoms with Gasteiger partial charge in [0.15, 0.2) is 5.69 Å². The molecular weight excluding hydrogens is 373 g/mol. The molecule has 0 bridgehead atoms. The van der Waals surface area contributed by atoms with Gasteiger partial charge >= 0.3 is 0 Å². The van der Waals surface area contributed by atoms with Crippen LogP contribution in [0.1, 0.15) is 27.8 Å². The second-order valence-corrected chi connectivity index (χ2v) is 6.89. The smallest absolute Gasteiger partial charge is 0.276 e. The topological polar surface area (TPSA) is 56.2 Å². The van der Waals surface area contributed by atoms with E-state index in [1.165, 1.54) is 0 Å². The molecule has 5 nitrogen and oxygen atoms in total. The lowest BCUT2D eigenvalue weighted by molar-refractivity contribution is -0.00118. The number of halogens is 2. The molecule has 1 amide bonds. The zero-order valence-electron chi connectivity index (χ0n) is 13.7. The van der Waals surface area contributed by atoms with Crippen molar-refractivity contribution < 1.29 is 9.53 Å². The number of amides is 1. The van der Waals surface area contributed by atoms with E-state index in [1.807, 2.05) is 28.9 Å². The normalized spacial score (nSPS) is 16.2. The van der Waals surface area contributed by atoms with Crippen LogP contribution in [0.2, 0.25) is 10.0 Å². The second kappa shape index (κ2) is 7.11. The van der Waals surface area contributed by atoms with Crippen molar-refractivity contribution in [2.75, 3.05) is 5.32 Å². The van der Waals surface area contributed by atoms with Crippen LogP contribution in [0.3, 0.4) is 0 Å². The Morgan fingerprint density at radius 2 is 1.73 bits per heavy atom. The number of carbonyl (C=O) groups excluding carboxylic acids is 1. The summed E-state index contributed by atoms with van der Waals surface area (Å²) in [7, 11) is 0. The molecular formula is C19H15Cl2N3O2. The van der Waals surface area contributed by atoms with Crippen molar-refractivity contribution in [3.05, 3.63) is 81.6 Å². The van der Waals surface area contributed by atoms with Crippen molar-refractivity contribution in [3.63, 3.8) is 0 Å². The fourth-order valence-corrected chi connectivity index (χ4v) is 3.10.